The van der Waals surface area contributed by atoms with Crippen molar-refractivity contribution in [3.05, 3.63) is 72.3 Å². The van der Waals surface area contributed by atoms with Gasteiger partial charge in [0.2, 0.25) is 15.9 Å². The minimum absolute atomic E-state index is 0.0751. The maximum Gasteiger partial charge on any atom is 0.240 e. The number of nitrogens with zero attached hydrogens (tertiary/aromatic N) is 1. The number of fused-ring (bicyclic) bond motifs is 3. The molecule has 0 saturated heterocycles. The Morgan fingerprint density at radius 2 is 1.65 bits per heavy atom. The summed E-state index contributed by atoms with van der Waals surface area (Å²) >= 11 is 0. The summed E-state index contributed by atoms with van der Waals surface area (Å²) in [5.41, 5.74) is 4.03. The molecule has 2 N–H and O–H groups in total. The molecule has 0 spiro atoms. The molecular formula is C27H31N3O3S. The average molecular weight is 478 g/mol. The minimum atomic E-state index is -3.51. The lowest BCUT2D eigenvalue weighted by Crippen LogP contribution is -2.27. The van der Waals surface area contributed by atoms with E-state index >= 15 is 0 Å². The first kappa shape index (κ1) is 24.0. The van der Waals surface area contributed by atoms with Crippen LogP contribution in [0.1, 0.15) is 32.8 Å². The van der Waals surface area contributed by atoms with Gasteiger partial charge in [-0.2, -0.15) is 0 Å². The average Bonchev–Trinajstić information content (AvgIpc) is 3.15. The molecule has 0 saturated carbocycles. The van der Waals surface area contributed by atoms with E-state index in [1.807, 2.05) is 38.1 Å². The number of nitrogens with one attached hydrogen (secondary N) is 2. The van der Waals surface area contributed by atoms with Gasteiger partial charge in [0.05, 0.1) is 4.90 Å². The lowest BCUT2D eigenvalue weighted by atomic mass is 10.1. The van der Waals surface area contributed by atoms with Crippen molar-refractivity contribution in [1.82, 2.24) is 9.29 Å². The fraction of sp³-hybridized carbons (Fsp3) is 0.296. The molecule has 0 aliphatic rings. The number of benzene rings is 3. The minimum Gasteiger partial charge on any atom is -0.341 e. The van der Waals surface area contributed by atoms with E-state index in [0.29, 0.717) is 19.4 Å². The molecule has 6 nitrogen and oxygen atoms in total. The summed E-state index contributed by atoms with van der Waals surface area (Å²) in [6.45, 7) is 7.32. The van der Waals surface area contributed by atoms with Crippen LogP contribution in [-0.4, -0.2) is 25.4 Å². The number of aromatic nitrogens is 1. The highest BCUT2D eigenvalue weighted by Gasteiger charge is 2.14. The van der Waals surface area contributed by atoms with Crippen molar-refractivity contribution in [2.75, 3.05) is 11.9 Å². The second kappa shape index (κ2) is 9.99. The molecule has 1 amide bonds. The van der Waals surface area contributed by atoms with E-state index in [4.69, 9.17) is 0 Å². The molecule has 0 aliphatic heterocycles. The van der Waals surface area contributed by atoms with Crippen LogP contribution in [0.4, 0.5) is 5.69 Å². The normalized spacial score (nSPS) is 12.0. The smallest absolute Gasteiger partial charge is 0.240 e. The predicted octanol–water partition coefficient (Wildman–Crippen LogP) is 5.32. The Labute approximate surface area is 201 Å². The fourth-order valence-corrected chi connectivity index (χ4v) is 5.36. The van der Waals surface area contributed by atoms with Crippen LogP contribution in [0.2, 0.25) is 0 Å². The Balaban J connectivity index is 1.41. The molecule has 1 heterocycles. The van der Waals surface area contributed by atoms with Gasteiger partial charge in [-0.15, -0.1) is 0 Å². The summed E-state index contributed by atoms with van der Waals surface area (Å²) < 4.78 is 29.6. The van der Waals surface area contributed by atoms with Gasteiger partial charge in [0.1, 0.15) is 0 Å². The molecule has 0 aliphatic carbocycles. The van der Waals surface area contributed by atoms with Crippen LogP contribution in [0.5, 0.6) is 0 Å². The molecular weight excluding hydrogens is 446 g/mol. The molecule has 3 aromatic carbocycles. The molecule has 178 valence electrons. The number of anilines is 1. The third kappa shape index (κ3) is 5.16. The maximum atomic E-state index is 12.6. The van der Waals surface area contributed by atoms with Gasteiger partial charge in [-0.3, -0.25) is 4.79 Å². The van der Waals surface area contributed by atoms with E-state index in [9.17, 15) is 13.2 Å². The third-order valence-electron chi connectivity index (χ3n) is 5.93. The zero-order valence-corrected chi connectivity index (χ0v) is 20.7. The van der Waals surface area contributed by atoms with Crippen LogP contribution in [0.25, 0.3) is 21.8 Å². The van der Waals surface area contributed by atoms with E-state index in [2.05, 4.69) is 39.7 Å². The molecule has 0 atom stereocenters. The van der Waals surface area contributed by atoms with Crippen molar-refractivity contribution in [3.8, 4) is 0 Å². The van der Waals surface area contributed by atoms with Gasteiger partial charge in [-0.05, 0) is 61.2 Å². The second-order valence-corrected chi connectivity index (χ2v) is 10.7. The lowest BCUT2D eigenvalue weighted by molar-refractivity contribution is -0.116. The highest BCUT2D eigenvalue weighted by atomic mass is 32.2. The van der Waals surface area contributed by atoms with Crippen LogP contribution in [0.3, 0.4) is 0 Å². The number of rotatable bonds is 9. The molecule has 0 unspecified atom stereocenters. The topological polar surface area (TPSA) is 80.2 Å². The largest absolute Gasteiger partial charge is 0.341 e. The number of hydrogen-bond acceptors (Lipinski definition) is 3. The Hall–Kier alpha value is -3.16. The van der Waals surface area contributed by atoms with E-state index < -0.39 is 10.0 Å². The number of aryl methyl sites for hydroxylation is 2. The first-order valence-electron chi connectivity index (χ1n) is 11.7. The number of carbonyl (C=O) groups excluding carboxylic acids is 1. The quantitative estimate of drug-likeness (QED) is 0.342. The Kier molecular flexibility index (Phi) is 7.05. The molecule has 7 heteroatoms. The third-order valence-corrected chi connectivity index (χ3v) is 7.37. The molecule has 0 bridgehead atoms. The van der Waals surface area contributed by atoms with Crippen LogP contribution in [-0.2, 0) is 27.8 Å². The van der Waals surface area contributed by atoms with Crippen LogP contribution in [0, 0.1) is 5.92 Å². The summed E-state index contributed by atoms with van der Waals surface area (Å²) in [5, 5.41) is 5.30. The maximum absolute atomic E-state index is 12.6. The summed E-state index contributed by atoms with van der Waals surface area (Å²) in [4.78, 5) is 12.8. The first-order chi connectivity index (χ1) is 16.3. The van der Waals surface area contributed by atoms with Crippen molar-refractivity contribution in [1.29, 1.82) is 0 Å². The lowest BCUT2D eigenvalue weighted by Gasteiger charge is -2.10. The second-order valence-electron chi connectivity index (χ2n) is 8.93. The van der Waals surface area contributed by atoms with Crippen LogP contribution < -0.4 is 10.0 Å². The van der Waals surface area contributed by atoms with Crippen molar-refractivity contribution >= 4 is 43.4 Å². The molecule has 34 heavy (non-hydrogen) atoms. The van der Waals surface area contributed by atoms with Crippen molar-refractivity contribution in [3.63, 3.8) is 0 Å². The van der Waals surface area contributed by atoms with Crippen LogP contribution in [0.15, 0.2) is 71.6 Å². The zero-order chi connectivity index (χ0) is 24.3. The number of hydrogen-bond donors (Lipinski definition) is 2. The van der Waals surface area contributed by atoms with Gasteiger partial charge in [0.15, 0.2) is 0 Å². The van der Waals surface area contributed by atoms with Crippen molar-refractivity contribution in [2.24, 2.45) is 5.92 Å². The van der Waals surface area contributed by atoms with E-state index in [-0.39, 0.29) is 16.7 Å². The molecule has 0 radical (unpaired) electrons. The van der Waals surface area contributed by atoms with E-state index in [0.717, 1.165) is 28.7 Å². The van der Waals surface area contributed by atoms with Gasteiger partial charge in [-0.1, -0.05) is 44.2 Å². The predicted molar refractivity (Wildman–Crippen MR) is 139 cm³/mol. The first-order valence-corrected chi connectivity index (χ1v) is 13.2. The molecule has 4 aromatic rings. The van der Waals surface area contributed by atoms with E-state index in [1.165, 1.54) is 10.9 Å². The molecule has 0 fully saturated rings. The fourth-order valence-electron chi connectivity index (χ4n) is 4.15. The standard InChI is InChI=1S/C27H31N3O3S/c1-4-30-25-8-6-5-7-23(25)24-17-21(12-15-26(24)30)29-27(31)16-11-20-9-13-22(14-10-20)34(32,33)28-18-19(2)3/h5-10,12-15,17,19,28H,4,11,16,18H2,1-3H3,(H,29,31). The van der Waals surface area contributed by atoms with Gasteiger partial charge in [-0.25, -0.2) is 13.1 Å². The number of amides is 1. The number of carbonyl (C=O) groups is 1. The Morgan fingerprint density at radius 1 is 0.941 bits per heavy atom. The van der Waals surface area contributed by atoms with Gasteiger partial charge >= 0.3 is 0 Å². The summed E-state index contributed by atoms with van der Waals surface area (Å²) in [5.74, 6) is 0.160. The van der Waals surface area contributed by atoms with Gasteiger partial charge in [0, 0.05) is 47.0 Å². The van der Waals surface area contributed by atoms with Crippen molar-refractivity contribution in [2.45, 2.75) is 45.1 Å². The van der Waals surface area contributed by atoms with Gasteiger partial charge in [0.25, 0.3) is 0 Å². The highest BCUT2D eigenvalue weighted by molar-refractivity contribution is 7.89. The highest BCUT2D eigenvalue weighted by Crippen LogP contribution is 2.31. The monoisotopic (exact) mass is 477 g/mol. The zero-order valence-electron chi connectivity index (χ0n) is 19.8. The van der Waals surface area contributed by atoms with Gasteiger partial charge < -0.3 is 9.88 Å². The molecule has 4 rings (SSSR count). The summed E-state index contributed by atoms with van der Waals surface area (Å²) in [7, 11) is -3.51. The van der Waals surface area contributed by atoms with Crippen LogP contribution >= 0.6 is 0 Å². The number of sulfonamides is 1. The Morgan fingerprint density at radius 3 is 2.35 bits per heavy atom. The van der Waals surface area contributed by atoms with Crippen molar-refractivity contribution < 1.29 is 13.2 Å². The van der Waals surface area contributed by atoms with E-state index in [1.54, 1.807) is 24.3 Å². The Bertz CT molecular complexity index is 1420. The SMILES string of the molecule is CCn1c2ccccc2c2cc(NC(=O)CCc3ccc(S(=O)(=O)NCC(C)C)cc3)ccc21. The summed E-state index contributed by atoms with van der Waals surface area (Å²) in [6.07, 6.45) is 0.843. The molecule has 1 aromatic heterocycles. The summed E-state index contributed by atoms with van der Waals surface area (Å²) in [6, 6.07) is 21.0. The number of para-hydroxylation sites is 1.